The largest absolute Gasteiger partial charge is 0.361 e. The Morgan fingerprint density at radius 2 is 0.792 bits per heavy atom. The second-order valence-electron chi connectivity index (χ2n) is 14.4. The number of rotatable bonds is 4. The molecule has 8 nitrogen and oxygen atoms in total. The summed E-state index contributed by atoms with van der Waals surface area (Å²) in [5.41, 5.74) is 8.24. The van der Waals surface area contributed by atoms with E-state index < -0.39 is 16.2 Å². The molecule has 8 heteroatoms. The van der Waals surface area contributed by atoms with Crippen molar-refractivity contribution in [2.45, 2.75) is 77.0 Å². The van der Waals surface area contributed by atoms with E-state index in [1.807, 2.05) is 36.4 Å². The van der Waals surface area contributed by atoms with Crippen molar-refractivity contribution in [1.29, 1.82) is 21.0 Å². The highest BCUT2D eigenvalue weighted by molar-refractivity contribution is 5.65. The molecule has 5 heterocycles. The lowest BCUT2D eigenvalue weighted by Gasteiger charge is -2.29. The molecule has 0 fully saturated rings. The Kier molecular flexibility index (Phi) is 8.35. The fourth-order valence-corrected chi connectivity index (χ4v) is 6.42. The van der Waals surface area contributed by atoms with Crippen molar-refractivity contribution in [3.8, 4) is 24.3 Å². The second kappa shape index (κ2) is 12.0. The lowest BCUT2D eigenvalue weighted by molar-refractivity contribution is 0.545. The Hall–Kier alpha value is -5.96. The first kappa shape index (κ1) is 33.4. The number of nitrogens with one attached hydrogen (secondary N) is 4. The topological polar surface area (TPSA) is 158 Å². The average Bonchev–Trinajstić information content (AvgIpc) is 3.87. The van der Waals surface area contributed by atoms with E-state index in [1.165, 1.54) is 12.2 Å². The lowest BCUT2D eigenvalue weighted by atomic mass is 9.81. The van der Waals surface area contributed by atoms with Crippen molar-refractivity contribution >= 4 is 12.2 Å². The Bertz CT molecular complexity index is 1990. The molecule has 0 atom stereocenters. The second-order valence-corrected chi connectivity index (χ2v) is 14.4. The number of fused-ring (bicyclic) bond motifs is 8. The normalized spacial score (nSPS) is 16.8. The number of allylic oxidation sites excluding steroid dienone is 6. The van der Waals surface area contributed by atoms with Crippen LogP contribution < -0.4 is 0 Å². The first-order valence-corrected chi connectivity index (χ1v) is 15.9. The molecule has 1 aliphatic heterocycles. The van der Waals surface area contributed by atoms with Crippen LogP contribution in [0.3, 0.4) is 0 Å². The molecule has 0 aliphatic carbocycles. The van der Waals surface area contributed by atoms with Gasteiger partial charge in [0.1, 0.15) is 35.4 Å². The summed E-state index contributed by atoms with van der Waals surface area (Å²) in [5, 5.41) is 37.2. The predicted octanol–water partition coefficient (Wildman–Crippen LogP) is 8.59. The monoisotopic (exact) mass is 632 g/mol. The van der Waals surface area contributed by atoms with Gasteiger partial charge in [-0.15, -0.1) is 0 Å². The molecule has 0 radical (unpaired) electrons. The van der Waals surface area contributed by atoms with E-state index in [9.17, 15) is 21.0 Å². The van der Waals surface area contributed by atoms with Crippen LogP contribution in [0.4, 0.5) is 0 Å². The van der Waals surface area contributed by atoms with Crippen LogP contribution in [0.2, 0.25) is 0 Å². The molecule has 8 bridgehead atoms. The molecule has 4 N–H and O–H groups in total. The maximum absolute atomic E-state index is 9.30. The van der Waals surface area contributed by atoms with Gasteiger partial charge in [0.25, 0.3) is 0 Å². The van der Waals surface area contributed by atoms with E-state index >= 15 is 0 Å². The summed E-state index contributed by atoms with van der Waals surface area (Å²) in [6.45, 7) is 17.5. The summed E-state index contributed by atoms with van der Waals surface area (Å²) < 4.78 is 0. The van der Waals surface area contributed by atoms with Gasteiger partial charge in [0.15, 0.2) is 0 Å². The van der Waals surface area contributed by atoms with Gasteiger partial charge < -0.3 is 19.9 Å². The Morgan fingerprint density at radius 3 is 1.10 bits per heavy atom. The molecule has 240 valence electrons. The minimum absolute atomic E-state index is 0.0216. The number of hydrogen-bond donors (Lipinski definition) is 4. The third-order valence-corrected chi connectivity index (χ3v) is 9.92. The van der Waals surface area contributed by atoms with Gasteiger partial charge in [0, 0.05) is 67.2 Å². The third-order valence-electron chi connectivity index (χ3n) is 9.92. The van der Waals surface area contributed by atoms with Crippen LogP contribution in [-0.2, 0) is 21.7 Å². The fraction of sp³-hybridized carbons (Fsp3) is 0.300. The van der Waals surface area contributed by atoms with Crippen molar-refractivity contribution in [2.75, 3.05) is 0 Å². The van der Waals surface area contributed by atoms with Crippen molar-refractivity contribution in [3.05, 3.63) is 129 Å². The van der Waals surface area contributed by atoms with Gasteiger partial charge in [-0.25, -0.2) is 0 Å². The Morgan fingerprint density at radius 1 is 0.479 bits per heavy atom. The molecule has 0 aromatic carbocycles. The fourth-order valence-electron chi connectivity index (χ4n) is 6.42. The molecule has 0 amide bonds. The van der Waals surface area contributed by atoms with Crippen LogP contribution in [0.25, 0.3) is 12.2 Å². The van der Waals surface area contributed by atoms with E-state index in [4.69, 9.17) is 0 Å². The maximum atomic E-state index is 9.30. The van der Waals surface area contributed by atoms with Gasteiger partial charge in [-0.05, 0) is 115 Å². The van der Waals surface area contributed by atoms with E-state index in [1.54, 1.807) is 12.2 Å². The molecular weight excluding hydrogens is 592 g/mol. The van der Waals surface area contributed by atoms with Crippen LogP contribution in [0.1, 0.15) is 112 Å². The molecule has 1 aliphatic rings. The number of aromatic amines is 4. The van der Waals surface area contributed by atoms with E-state index in [-0.39, 0.29) is 16.6 Å². The van der Waals surface area contributed by atoms with Crippen LogP contribution in [0, 0.1) is 45.3 Å². The van der Waals surface area contributed by atoms with Crippen LogP contribution >= 0.6 is 0 Å². The minimum atomic E-state index is -0.614. The quantitative estimate of drug-likeness (QED) is 0.131. The lowest BCUT2D eigenvalue weighted by Crippen LogP contribution is -2.26. The van der Waals surface area contributed by atoms with Gasteiger partial charge in [-0.3, -0.25) is 0 Å². The van der Waals surface area contributed by atoms with Crippen LogP contribution in [-0.4, -0.2) is 19.9 Å². The molecule has 0 saturated heterocycles. The van der Waals surface area contributed by atoms with Gasteiger partial charge in [0.2, 0.25) is 0 Å². The zero-order chi connectivity index (χ0) is 35.1. The van der Waals surface area contributed by atoms with Gasteiger partial charge in [-0.2, -0.15) is 21.0 Å². The van der Waals surface area contributed by atoms with Crippen molar-refractivity contribution in [2.24, 2.45) is 0 Å². The van der Waals surface area contributed by atoms with E-state index in [0.29, 0.717) is 0 Å². The summed E-state index contributed by atoms with van der Waals surface area (Å²) in [7, 11) is 0. The van der Waals surface area contributed by atoms with Gasteiger partial charge in [-0.1, -0.05) is 24.3 Å². The number of nitrogens with zero attached hydrogens (tertiary/aromatic N) is 4. The first-order valence-electron chi connectivity index (χ1n) is 15.9. The van der Waals surface area contributed by atoms with Crippen LogP contribution in [0.5, 0.6) is 0 Å². The SMILES string of the molecule is CC1(C)c2ccc([nH]2)C(C)(C)c2cc(/C=C/C=C(C#N)C#N)c([nH]2)C(C)(C)c2[nH]c(cc2/C=C/C=C(C#N)C#N)C(C)(C)c2ccc1[nH]2. The molecule has 5 rings (SSSR count). The third kappa shape index (κ3) is 5.64. The molecule has 4 aromatic rings. The minimum Gasteiger partial charge on any atom is -0.361 e. The molecule has 4 aromatic heterocycles. The number of nitriles is 4. The summed E-state index contributed by atoms with van der Waals surface area (Å²) in [6, 6.07) is 20.6. The van der Waals surface area contributed by atoms with Crippen molar-refractivity contribution < 1.29 is 0 Å². The zero-order valence-corrected chi connectivity index (χ0v) is 28.7. The molecule has 0 unspecified atom stereocenters. The highest BCUT2D eigenvalue weighted by atomic mass is 14.9. The number of hydrogen-bond acceptors (Lipinski definition) is 4. The first-order chi connectivity index (χ1) is 22.6. The summed E-state index contributed by atoms with van der Waals surface area (Å²) >= 11 is 0. The standard InChI is InChI=1S/C40H40N8/c1-37(2)29-15-17-31(45-29)38(3,4)33-19-27(13-9-11-25(21-41)22-42)35(47-33)40(7,8)36-28(14-10-12-26(23-43)24-44)20-34(48-36)39(5,6)32-18-16-30(37)46-32/h9-20,45-48H,1-8H3/b13-9+,14-10+. The van der Waals surface area contributed by atoms with E-state index in [0.717, 1.165) is 56.7 Å². The molecular formula is C40H40N8. The smallest absolute Gasteiger partial charge is 0.129 e. The van der Waals surface area contributed by atoms with Crippen LogP contribution in [0.15, 0.2) is 71.8 Å². The highest BCUT2D eigenvalue weighted by Crippen LogP contribution is 2.43. The predicted molar refractivity (Wildman–Crippen MR) is 188 cm³/mol. The summed E-state index contributed by atoms with van der Waals surface area (Å²) in [6.07, 6.45) is 10.4. The van der Waals surface area contributed by atoms with Gasteiger partial charge >= 0.3 is 0 Å². The Labute approximate surface area is 282 Å². The number of aromatic nitrogens is 4. The highest BCUT2D eigenvalue weighted by Gasteiger charge is 2.38. The van der Waals surface area contributed by atoms with Crippen molar-refractivity contribution in [1.82, 2.24) is 19.9 Å². The van der Waals surface area contributed by atoms with Gasteiger partial charge in [0.05, 0.1) is 0 Å². The summed E-state index contributed by atoms with van der Waals surface area (Å²) in [5.74, 6) is 0. The van der Waals surface area contributed by atoms with Crippen molar-refractivity contribution in [3.63, 3.8) is 0 Å². The maximum Gasteiger partial charge on any atom is 0.129 e. The van der Waals surface area contributed by atoms with E-state index in [2.05, 4.69) is 112 Å². The molecule has 48 heavy (non-hydrogen) atoms. The zero-order valence-electron chi connectivity index (χ0n) is 28.7. The summed E-state index contributed by atoms with van der Waals surface area (Å²) in [4.78, 5) is 15.1. The molecule has 0 saturated carbocycles. The Balaban J connectivity index is 1.83. The average molecular weight is 633 g/mol. The molecule has 0 spiro atoms. The number of H-pyrrole nitrogens is 4.